The Bertz CT molecular complexity index is 2820. The average Bonchev–Trinajstić information content (AvgIpc) is 3.83. The van der Waals surface area contributed by atoms with Crippen molar-refractivity contribution in [1.29, 1.82) is 0 Å². The van der Waals surface area contributed by atoms with Crippen LogP contribution in [-0.4, -0.2) is 14.5 Å². The number of pyridine rings is 1. The fourth-order valence-electron chi connectivity index (χ4n) is 8.31. The zero-order chi connectivity index (χ0) is 29.0. The summed E-state index contributed by atoms with van der Waals surface area (Å²) in [5.74, 6) is 1.69. The van der Waals surface area contributed by atoms with Gasteiger partial charge in [0.05, 0.1) is 16.7 Å². The Balaban J connectivity index is 1.22. The number of rotatable bonds is 1. The maximum atomic E-state index is 6.71. The van der Waals surface area contributed by atoms with Crippen molar-refractivity contribution < 1.29 is 18.4 Å². The molecule has 9 aromatic rings. The number of nitrogens with zero attached hydrogens (tertiary/aromatic N) is 5. The van der Waals surface area contributed by atoms with Gasteiger partial charge in [-0.1, -0.05) is 47.1 Å². The van der Waals surface area contributed by atoms with Gasteiger partial charge in [-0.3, -0.25) is 0 Å². The lowest BCUT2D eigenvalue weighted by molar-refractivity contribution is -0.989. The van der Waals surface area contributed by atoms with E-state index in [-0.39, 0.29) is 0 Å². The van der Waals surface area contributed by atoms with Crippen molar-refractivity contribution in [1.82, 2.24) is 14.5 Å². The summed E-state index contributed by atoms with van der Waals surface area (Å²) < 4.78 is 20.1. The Kier molecular flexibility index (Phi) is 3.62. The van der Waals surface area contributed by atoms with E-state index in [0.29, 0.717) is 0 Å². The second-order valence-corrected chi connectivity index (χ2v) is 12.1. The number of hydrogen-bond acceptors (Lipinski definition) is 3. The standard InChI is InChI=1S/C38H21N5O2/c1-3-11-28-23(8-1)26-10-7-19-40-37(26)42(28)29-12-5-15-32-35(29)38(40)36-30(13-6-16-33(36)45-32)43-39-27(21-41(38)43)22-17-18-25-24-9-2-4-14-31(24)44-34(25)20-22/h1-21H/q+2. The molecule has 0 radical (unpaired) electrons. The van der Waals surface area contributed by atoms with E-state index in [0.717, 1.165) is 72.8 Å². The lowest BCUT2D eigenvalue weighted by atomic mass is 9.84. The van der Waals surface area contributed by atoms with E-state index in [1.54, 1.807) is 0 Å². The Morgan fingerprint density at radius 3 is 2.31 bits per heavy atom. The second kappa shape index (κ2) is 7.29. The summed E-state index contributed by atoms with van der Waals surface area (Å²) >= 11 is 0. The van der Waals surface area contributed by atoms with Gasteiger partial charge in [0.1, 0.15) is 50.7 Å². The molecule has 0 N–H and O–H groups in total. The molecule has 7 nitrogen and oxygen atoms in total. The fourth-order valence-corrected chi connectivity index (χ4v) is 8.31. The van der Waals surface area contributed by atoms with Gasteiger partial charge in [0.15, 0.2) is 6.20 Å². The monoisotopic (exact) mass is 579 g/mol. The molecule has 1 unspecified atom stereocenters. The van der Waals surface area contributed by atoms with Gasteiger partial charge in [-0.25, -0.2) is 0 Å². The molecule has 45 heavy (non-hydrogen) atoms. The van der Waals surface area contributed by atoms with Crippen LogP contribution < -0.4 is 14.0 Å². The lowest BCUT2D eigenvalue weighted by Gasteiger charge is -2.35. The Hall–Kier alpha value is -6.21. The SMILES string of the molecule is c1cc2c3c(c1)-n1c4ccccc4c4ccc[n+](c41)C31c3c(cccc3-n3nc(-c4ccc5c(c4)oc4ccccc45)c[n+]31)O2. The third-order valence-corrected chi connectivity index (χ3v) is 10.0. The zero-order valence-electron chi connectivity index (χ0n) is 23.7. The Labute approximate surface area is 254 Å². The van der Waals surface area contributed by atoms with Crippen LogP contribution in [0, 0.1) is 0 Å². The van der Waals surface area contributed by atoms with Crippen molar-refractivity contribution in [3.8, 4) is 34.1 Å². The summed E-state index contributed by atoms with van der Waals surface area (Å²) in [5, 5.41) is 9.93. The van der Waals surface area contributed by atoms with Gasteiger partial charge in [-0.15, -0.1) is 0 Å². The normalized spacial score (nSPS) is 16.7. The number of ether oxygens (including phenoxy) is 1. The summed E-state index contributed by atoms with van der Waals surface area (Å²) in [5.41, 5.74) is 9.46. The van der Waals surface area contributed by atoms with Crippen molar-refractivity contribution in [2.45, 2.75) is 5.66 Å². The van der Waals surface area contributed by atoms with Crippen LogP contribution in [0.2, 0.25) is 0 Å². The number of furan rings is 1. The molecule has 7 heteroatoms. The molecule has 5 aromatic carbocycles. The highest BCUT2D eigenvalue weighted by atomic mass is 16.5. The van der Waals surface area contributed by atoms with Gasteiger partial charge in [-0.05, 0) is 77.6 Å². The molecule has 0 saturated heterocycles. The minimum Gasteiger partial charge on any atom is -0.456 e. The van der Waals surface area contributed by atoms with E-state index in [1.165, 1.54) is 16.3 Å². The molecule has 4 aromatic heterocycles. The molecule has 3 aliphatic rings. The minimum absolute atomic E-state index is 0.755. The predicted octanol–water partition coefficient (Wildman–Crippen LogP) is 7.14. The number of hydrogen-bond donors (Lipinski definition) is 0. The second-order valence-electron chi connectivity index (χ2n) is 12.1. The molecule has 3 aliphatic heterocycles. The van der Waals surface area contributed by atoms with Gasteiger partial charge in [0.2, 0.25) is 5.69 Å². The fraction of sp³-hybridized carbons (Fsp3) is 0.0263. The van der Waals surface area contributed by atoms with Crippen LogP contribution in [0.1, 0.15) is 11.1 Å². The number of aromatic nitrogens is 5. The number of para-hydroxylation sites is 2. The van der Waals surface area contributed by atoms with Gasteiger partial charge in [-0.2, -0.15) is 9.13 Å². The van der Waals surface area contributed by atoms with E-state index in [2.05, 4.69) is 134 Å². The summed E-state index contributed by atoms with van der Waals surface area (Å²) in [6.45, 7) is 0. The van der Waals surface area contributed by atoms with Crippen LogP contribution in [0.4, 0.5) is 0 Å². The molecule has 0 amide bonds. The Morgan fingerprint density at radius 2 is 1.40 bits per heavy atom. The van der Waals surface area contributed by atoms with E-state index >= 15 is 0 Å². The highest BCUT2D eigenvalue weighted by Gasteiger charge is 2.66. The van der Waals surface area contributed by atoms with Gasteiger partial charge in [0.25, 0.3) is 5.65 Å². The quantitative estimate of drug-likeness (QED) is 0.194. The first-order valence-corrected chi connectivity index (χ1v) is 15.1. The minimum atomic E-state index is -0.755. The van der Waals surface area contributed by atoms with Crippen molar-refractivity contribution in [3.63, 3.8) is 0 Å². The molecule has 7 heterocycles. The topological polar surface area (TPSA) is 52.9 Å². The van der Waals surface area contributed by atoms with E-state index < -0.39 is 5.66 Å². The maximum absolute atomic E-state index is 6.71. The first-order chi connectivity index (χ1) is 22.3. The van der Waals surface area contributed by atoms with Crippen LogP contribution in [-0.2, 0) is 5.66 Å². The summed E-state index contributed by atoms with van der Waals surface area (Å²) in [6.07, 6.45) is 4.39. The molecule has 1 atom stereocenters. The molecule has 0 bridgehead atoms. The van der Waals surface area contributed by atoms with Gasteiger partial charge >= 0.3 is 5.66 Å². The predicted molar refractivity (Wildman–Crippen MR) is 169 cm³/mol. The van der Waals surface area contributed by atoms with E-state index in [1.807, 2.05) is 12.1 Å². The first-order valence-electron chi connectivity index (χ1n) is 15.1. The average molecular weight is 580 g/mol. The van der Waals surface area contributed by atoms with Crippen LogP contribution in [0.5, 0.6) is 11.5 Å². The van der Waals surface area contributed by atoms with Gasteiger partial charge < -0.3 is 9.15 Å². The van der Waals surface area contributed by atoms with Gasteiger partial charge in [0, 0.05) is 21.7 Å². The summed E-state index contributed by atoms with van der Waals surface area (Å²) in [7, 11) is 0. The van der Waals surface area contributed by atoms with Crippen molar-refractivity contribution in [3.05, 3.63) is 139 Å². The van der Waals surface area contributed by atoms with E-state index in [4.69, 9.17) is 14.3 Å². The number of fused-ring (bicyclic) bond motifs is 9. The first kappa shape index (κ1) is 22.3. The summed E-state index contributed by atoms with van der Waals surface area (Å²) in [4.78, 5) is 2.05. The van der Waals surface area contributed by atoms with Crippen molar-refractivity contribution in [2.75, 3.05) is 0 Å². The third kappa shape index (κ3) is 2.37. The molecule has 12 rings (SSSR count). The van der Waals surface area contributed by atoms with Crippen LogP contribution in [0.3, 0.4) is 0 Å². The van der Waals surface area contributed by atoms with Crippen LogP contribution in [0.25, 0.3) is 66.5 Å². The largest absolute Gasteiger partial charge is 0.456 e. The molecule has 208 valence electrons. The summed E-state index contributed by atoms with van der Waals surface area (Å²) in [6, 6.07) is 40.3. The molecular formula is C38H21N5O2+2. The highest BCUT2D eigenvalue weighted by Crippen LogP contribution is 2.54. The highest BCUT2D eigenvalue weighted by molar-refractivity contribution is 6.07. The van der Waals surface area contributed by atoms with Crippen molar-refractivity contribution >= 4 is 43.9 Å². The van der Waals surface area contributed by atoms with E-state index in [9.17, 15) is 0 Å². The van der Waals surface area contributed by atoms with Crippen LogP contribution in [0.15, 0.2) is 132 Å². The smallest absolute Gasteiger partial charge is 0.337 e. The molecule has 1 spiro atoms. The molecule has 0 fully saturated rings. The maximum Gasteiger partial charge on any atom is 0.337 e. The zero-order valence-corrected chi connectivity index (χ0v) is 23.7. The van der Waals surface area contributed by atoms with Crippen LogP contribution >= 0.6 is 0 Å². The van der Waals surface area contributed by atoms with Crippen molar-refractivity contribution in [2.24, 2.45) is 0 Å². The number of benzene rings is 5. The molecule has 0 aliphatic carbocycles. The Morgan fingerprint density at radius 1 is 0.644 bits per heavy atom. The third-order valence-electron chi connectivity index (χ3n) is 10.0. The molecule has 0 saturated carbocycles. The lowest BCUT2D eigenvalue weighted by Crippen LogP contribution is -2.76. The molecular weight excluding hydrogens is 558 g/mol.